The van der Waals surface area contributed by atoms with Crippen LogP contribution in [0.5, 0.6) is 0 Å². The van der Waals surface area contributed by atoms with Crippen molar-refractivity contribution >= 4 is 17.6 Å². The summed E-state index contributed by atoms with van der Waals surface area (Å²) in [6.45, 7) is 14.0. The van der Waals surface area contributed by atoms with Crippen LogP contribution in [-0.2, 0) is 5.41 Å². The maximum Gasteiger partial charge on any atom is 0.137 e. The largest absolute Gasteiger partial charge is 0.370 e. The van der Waals surface area contributed by atoms with Gasteiger partial charge in [0.2, 0.25) is 0 Å². The molecule has 1 rings (SSSR count). The number of nitrogens with zero attached hydrogens (tertiary/aromatic N) is 2. The van der Waals surface area contributed by atoms with Gasteiger partial charge in [-0.05, 0) is 25.5 Å². The fourth-order valence-electron chi connectivity index (χ4n) is 1.91. The van der Waals surface area contributed by atoms with Gasteiger partial charge in [-0.1, -0.05) is 47.5 Å². The van der Waals surface area contributed by atoms with E-state index in [1.807, 2.05) is 11.8 Å². The van der Waals surface area contributed by atoms with Gasteiger partial charge in [-0.15, -0.1) is 11.8 Å². The number of hydrogen-bond acceptors (Lipinski definition) is 4. The van der Waals surface area contributed by atoms with Gasteiger partial charge in [0.15, 0.2) is 0 Å². The highest BCUT2D eigenvalue weighted by Gasteiger charge is 2.21. The van der Waals surface area contributed by atoms with Crippen LogP contribution in [-0.4, -0.2) is 22.3 Å². The molecule has 0 aliphatic carbocycles. The first-order chi connectivity index (χ1) is 9.90. The Balaban J connectivity index is 2.97. The molecule has 0 saturated heterocycles. The summed E-state index contributed by atoms with van der Waals surface area (Å²) in [6, 6.07) is 0. The predicted molar refractivity (Wildman–Crippen MR) is 94.5 cm³/mol. The number of rotatable bonds is 8. The van der Waals surface area contributed by atoms with Gasteiger partial charge in [0, 0.05) is 17.5 Å². The SMILES string of the molecule is CCCCCSc1nc(C(C)(C)C)nc(NCCC)c1C. The molecule has 0 aliphatic rings. The first-order valence-corrected chi connectivity index (χ1v) is 9.14. The molecule has 120 valence electrons. The number of anilines is 1. The summed E-state index contributed by atoms with van der Waals surface area (Å²) in [4.78, 5) is 9.57. The maximum atomic E-state index is 4.82. The van der Waals surface area contributed by atoms with Crippen LogP contribution in [0.4, 0.5) is 5.82 Å². The second-order valence-corrected chi connectivity index (χ2v) is 7.64. The van der Waals surface area contributed by atoms with Crippen molar-refractivity contribution in [2.45, 2.75) is 77.7 Å². The average molecular weight is 310 g/mol. The summed E-state index contributed by atoms with van der Waals surface area (Å²) in [7, 11) is 0. The van der Waals surface area contributed by atoms with Gasteiger partial charge < -0.3 is 5.32 Å². The zero-order valence-corrected chi connectivity index (χ0v) is 15.4. The molecule has 0 radical (unpaired) electrons. The van der Waals surface area contributed by atoms with Gasteiger partial charge >= 0.3 is 0 Å². The highest BCUT2D eigenvalue weighted by atomic mass is 32.2. The third-order valence-corrected chi connectivity index (χ3v) is 4.46. The molecule has 21 heavy (non-hydrogen) atoms. The van der Waals surface area contributed by atoms with E-state index in [-0.39, 0.29) is 5.41 Å². The first kappa shape index (κ1) is 18.3. The van der Waals surface area contributed by atoms with Gasteiger partial charge in [-0.3, -0.25) is 0 Å². The van der Waals surface area contributed by atoms with Crippen molar-refractivity contribution in [1.29, 1.82) is 0 Å². The topological polar surface area (TPSA) is 37.8 Å². The summed E-state index contributed by atoms with van der Waals surface area (Å²) < 4.78 is 0. The van der Waals surface area contributed by atoms with E-state index in [2.05, 4.69) is 46.9 Å². The lowest BCUT2D eigenvalue weighted by atomic mass is 9.95. The van der Waals surface area contributed by atoms with Crippen LogP contribution in [0.1, 0.15) is 71.7 Å². The molecule has 0 aliphatic heterocycles. The van der Waals surface area contributed by atoms with Crippen molar-refractivity contribution in [2.75, 3.05) is 17.6 Å². The van der Waals surface area contributed by atoms with Crippen LogP contribution in [0.2, 0.25) is 0 Å². The molecule has 1 heterocycles. The number of nitrogens with one attached hydrogen (secondary N) is 1. The minimum Gasteiger partial charge on any atom is -0.370 e. The smallest absolute Gasteiger partial charge is 0.137 e. The van der Waals surface area contributed by atoms with E-state index in [0.717, 1.165) is 35.4 Å². The molecule has 1 aromatic rings. The monoisotopic (exact) mass is 309 g/mol. The van der Waals surface area contributed by atoms with Crippen LogP contribution >= 0.6 is 11.8 Å². The molecule has 0 spiro atoms. The Labute approximate surface area is 134 Å². The van der Waals surface area contributed by atoms with Crippen molar-refractivity contribution in [3.05, 3.63) is 11.4 Å². The first-order valence-electron chi connectivity index (χ1n) is 8.15. The molecule has 0 saturated carbocycles. The fraction of sp³-hybridized carbons (Fsp3) is 0.765. The summed E-state index contributed by atoms with van der Waals surface area (Å²) in [5.41, 5.74) is 1.17. The molecule has 4 heteroatoms. The predicted octanol–water partition coefficient (Wildman–Crippen LogP) is 5.19. The van der Waals surface area contributed by atoms with Crippen molar-refractivity contribution in [3.63, 3.8) is 0 Å². The van der Waals surface area contributed by atoms with Gasteiger partial charge in [0.25, 0.3) is 0 Å². The lowest BCUT2D eigenvalue weighted by molar-refractivity contribution is 0.538. The molecular formula is C17H31N3S. The molecule has 1 aromatic heterocycles. The summed E-state index contributed by atoms with van der Waals surface area (Å²) in [6.07, 6.45) is 4.92. The normalized spacial score (nSPS) is 11.7. The summed E-state index contributed by atoms with van der Waals surface area (Å²) >= 11 is 1.87. The van der Waals surface area contributed by atoms with Crippen molar-refractivity contribution < 1.29 is 0 Å². The van der Waals surface area contributed by atoms with Crippen LogP contribution in [0.15, 0.2) is 5.03 Å². The second kappa shape index (κ2) is 8.62. The second-order valence-electron chi connectivity index (χ2n) is 6.56. The summed E-state index contributed by atoms with van der Waals surface area (Å²) in [5.74, 6) is 3.09. The summed E-state index contributed by atoms with van der Waals surface area (Å²) in [5, 5.41) is 4.60. The molecule has 0 aromatic carbocycles. The van der Waals surface area contributed by atoms with E-state index < -0.39 is 0 Å². The standard InChI is InChI=1S/C17H31N3S/c1-7-9-10-12-21-15-13(3)14(18-11-8-2)19-16(20-15)17(4,5)6/h7-12H2,1-6H3,(H,18,19,20). The number of unbranched alkanes of at least 4 members (excludes halogenated alkanes) is 2. The molecule has 0 fully saturated rings. The van der Waals surface area contributed by atoms with Gasteiger partial charge in [-0.25, -0.2) is 9.97 Å². The third kappa shape index (κ3) is 5.85. The molecule has 0 bridgehead atoms. The Kier molecular flexibility index (Phi) is 7.50. The van der Waals surface area contributed by atoms with E-state index in [1.54, 1.807) is 0 Å². The van der Waals surface area contributed by atoms with Crippen molar-refractivity contribution in [2.24, 2.45) is 0 Å². The highest BCUT2D eigenvalue weighted by Crippen LogP contribution is 2.29. The Hall–Kier alpha value is -0.770. The van der Waals surface area contributed by atoms with Gasteiger partial charge in [0.05, 0.1) is 0 Å². The third-order valence-electron chi connectivity index (χ3n) is 3.30. The van der Waals surface area contributed by atoms with Crippen molar-refractivity contribution in [3.8, 4) is 0 Å². The zero-order chi connectivity index (χ0) is 15.9. The lowest BCUT2D eigenvalue weighted by Crippen LogP contribution is -2.19. The van der Waals surface area contributed by atoms with E-state index in [1.165, 1.54) is 24.8 Å². The molecule has 1 N–H and O–H groups in total. The van der Waals surface area contributed by atoms with Crippen molar-refractivity contribution in [1.82, 2.24) is 9.97 Å². The number of thioether (sulfide) groups is 1. The molecule has 3 nitrogen and oxygen atoms in total. The highest BCUT2D eigenvalue weighted by molar-refractivity contribution is 7.99. The zero-order valence-electron chi connectivity index (χ0n) is 14.5. The quantitative estimate of drug-likeness (QED) is 0.407. The van der Waals surface area contributed by atoms with E-state index in [0.29, 0.717) is 0 Å². The van der Waals surface area contributed by atoms with Gasteiger partial charge in [-0.2, -0.15) is 0 Å². The number of aromatic nitrogens is 2. The number of hydrogen-bond donors (Lipinski definition) is 1. The minimum atomic E-state index is -0.0188. The average Bonchev–Trinajstić information content (AvgIpc) is 2.42. The van der Waals surface area contributed by atoms with Gasteiger partial charge in [0.1, 0.15) is 16.7 Å². The fourth-order valence-corrected chi connectivity index (χ4v) is 2.91. The maximum absolute atomic E-state index is 4.82. The van der Waals surface area contributed by atoms with E-state index >= 15 is 0 Å². The lowest BCUT2D eigenvalue weighted by Gasteiger charge is -2.20. The Bertz CT molecular complexity index is 438. The van der Waals surface area contributed by atoms with E-state index in [4.69, 9.17) is 9.97 Å². The van der Waals surface area contributed by atoms with E-state index in [9.17, 15) is 0 Å². The molecular weight excluding hydrogens is 278 g/mol. The van der Waals surface area contributed by atoms with Crippen LogP contribution < -0.4 is 5.32 Å². The Morgan fingerprint density at radius 3 is 2.33 bits per heavy atom. The van der Waals surface area contributed by atoms with Crippen LogP contribution in [0.3, 0.4) is 0 Å². The van der Waals surface area contributed by atoms with Crippen LogP contribution in [0.25, 0.3) is 0 Å². The molecule has 0 unspecified atom stereocenters. The molecule has 0 amide bonds. The Morgan fingerprint density at radius 1 is 1.05 bits per heavy atom. The Morgan fingerprint density at radius 2 is 1.76 bits per heavy atom. The minimum absolute atomic E-state index is 0.0188. The molecule has 0 atom stereocenters. The van der Waals surface area contributed by atoms with Crippen LogP contribution in [0, 0.1) is 6.92 Å².